The molecule has 1 heterocycles. The maximum absolute atomic E-state index is 14.2. The van der Waals surface area contributed by atoms with Gasteiger partial charge in [-0.15, -0.1) is 0 Å². The molecule has 0 radical (unpaired) electrons. The van der Waals surface area contributed by atoms with Gasteiger partial charge in [0.2, 0.25) is 11.6 Å². The summed E-state index contributed by atoms with van der Waals surface area (Å²) < 4.78 is 41.4. The molecular formula is C16H16F3NO3. The van der Waals surface area contributed by atoms with E-state index in [2.05, 4.69) is 0 Å². The average molecular weight is 327 g/mol. The van der Waals surface area contributed by atoms with Gasteiger partial charge in [-0.1, -0.05) is 12.5 Å². The largest absolute Gasteiger partial charge is 0.479 e. The number of carbonyl (C=O) groups is 2. The van der Waals surface area contributed by atoms with Crippen LogP contribution in [0.3, 0.4) is 0 Å². The predicted molar refractivity (Wildman–Crippen MR) is 74.6 cm³/mol. The third kappa shape index (κ3) is 2.38. The molecule has 1 atom stereocenters. The zero-order valence-corrected chi connectivity index (χ0v) is 12.3. The van der Waals surface area contributed by atoms with Crippen LogP contribution in [0.15, 0.2) is 18.2 Å². The fraction of sp³-hybridized carbons (Fsp3) is 0.500. The van der Waals surface area contributed by atoms with Crippen LogP contribution in [-0.4, -0.2) is 40.6 Å². The van der Waals surface area contributed by atoms with Crippen molar-refractivity contribution in [2.75, 3.05) is 13.1 Å². The van der Waals surface area contributed by atoms with Crippen molar-refractivity contribution < 1.29 is 27.9 Å². The molecule has 7 heteroatoms. The highest BCUT2D eigenvalue weighted by molar-refractivity contribution is 5.91. The minimum atomic E-state index is -2.46. The SMILES string of the molecule is O=C(O)C1(F)CCN(C(=O)C2(c3ccc(F)cc3F)CCC2)C1. The Morgan fingerprint density at radius 2 is 1.87 bits per heavy atom. The molecule has 1 aliphatic carbocycles. The summed E-state index contributed by atoms with van der Waals surface area (Å²) in [6.07, 6.45) is 1.20. The minimum absolute atomic E-state index is 0.0216. The van der Waals surface area contributed by atoms with Gasteiger partial charge in [0.1, 0.15) is 11.6 Å². The van der Waals surface area contributed by atoms with Gasteiger partial charge in [0, 0.05) is 24.6 Å². The highest BCUT2D eigenvalue weighted by Crippen LogP contribution is 2.47. The lowest BCUT2D eigenvalue weighted by Crippen LogP contribution is -2.52. The van der Waals surface area contributed by atoms with E-state index in [0.29, 0.717) is 19.3 Å². The van der Waals surface area contributed by atoms with Crippen LogP contribution < -0.4 is 0 Å². The molecule has 0 spiro atoms. The molecule has 1 aliphatic heterocycles. The Bertz CT molecular complexity index is 675. The van der Waals surface area contributed by atoms with Crippen LogP contribution in [-0.2, 0) is 15.0 Å². The van der Waals surface area contributed by atoms with Gasteiger partial charge in [-0.3, -0.25) is 4.79 Å². The Kier molecular flexibility index (Phi) is 3.61. The van der Waals surface area contributed by atoms with Crippen molar-refractivity contribution in [2.45, 2.75) is 36.8 Å². The van der Waals surface area contributed by atoms with E-state index in [1.165, 1.54) is 6.07 Å². The Morgan fingerprint density at radius 1 is 1.17 bits per heavy atom. The summed E-state index contributed by atoms with van der Waals surface area (Å²) in [6.45, 7) is -0.558. The summed E-state index contributed by atoms with van der Waals surface area (Å²) in [4.78, 5) is 24.9. The van der Waals surface area contributed by atoms with Crippen molar-refractivity contribution in [3.05, 3.63) is 35.4 Å². The molecule has 0 bridgehead atoms. The fourth-order valence-corrected chi connectivity index (χ4v) is 3.43. The quantitative estimate of drug-likeness (QED) is 0.927. The number of amides is 1. The lowest BCUT2D eigenvalue weighted by atomic mass is 9.63. The molecule has 2 aliphatic rings. The van der Waals surface area contributed by atoms with Gasteiger partial charge >= 0.3 is 5.97 Å². The first kappa shape index (κ1) is 15.8. The third-order valence-corrected chi connectivity index (χ3v) is 4.95. The summed E-state index contributed by atoms with van der Waals surface area (Å²) >= 11 is 0. The number of hydrogen-bond acceptors (Lipinski definition) is 2. The van der Waals surface area contributed by atoms with Gasteiger partial charge in [-0.05, 0) is 18.9 Å². The molecular weight excluding hydrogens is 311 g/mol. The molecule has 1 aromatic rings. The van der Waals surface area contributed by atoms with Crippen LogP contribution in [0.25, 0.3) is 0 Å². The number of benzene rings is 1. The lowest BCUT2D eigenvalue weighted by Gasteiger charge is -2.43. The number of halogens is 3. The van der Waals surface area contributed by atoms with Gasteiger partial charge < -0.3 is 10.0 Å². The lowest BCUT2D eigenvalue weighted by molar-refractivity contribution is -0.151. The van der Waals surface area contributed by atoms with Crippen LogP contribution in [0.4, 0.5) is 13.2 Å². The second-order valence-electron chi connectivity index (χ2n) is 6.31. The van der Waals surface area contributed by atoms with E-state index >= 15 is 0 Å². The Hall–Kier alpha value is -2.05. The Labute approximate surface area is 130 Å². The molecule has 4 nitrogen and oxygen atoms in total. The second kappa shape index (κ2) is 5.25. The molecule has 0 aromatic heterocycles. The average Bonchev–Trinajstić information content (AvgIpc) is 2.84. The Morgan fingerprint density at radius 3 is 2.35 bits per heavy atom. The number of likely N-dealkylation sites (tertiary alicyclic amines) is 1. The normalized spacial score (nSPS) is 26.0. The molecule has 124 valence electrons. The van der Waals surface area contributed by atoms with Crippen molar-refractivity contribution in [2.24, 2.45) is 0 Å². The Balaban J connectivity index is 1.89. The van der Waals surface area contributed by atoms with Crippen molar-refractivity contribution >= 4 is 11.9 Å². The van der Waals surface area contributed by atoms with E-state index < -0.39 is 41.1 Å². The highest BCUT2D eigenvalue weighted by atomic mass is 19.1. The number of carboxylic acid groups (broad SMARTS) is 1. The molecule has 1 amide bonds. The topological polar surface area (TPSA) is 57.6 Å². The predicted octanol–water partition coefficient (Wildman–Crippen LogP) is 2.41. The number of carboxylic acids is 1. The van der Waals surface area contributed by atoms with E-state index in [1.54, 1.807) is 0 Å². The van der Waals surface area contributed by atoms with Crippen LogP contribution in [0.2, 0.25) is 0 Å². The zero-order chi connectivity index (χ0) is 16.8. The number of carbonyl (C=O) groups excluding carboxylic acids is 1. The van der Waals surface area contributed by atoms with Crippen LogP contribution in [0.5, 0.6) is 0 Å². The molecule has 1 N–H and O–H groups in total. The fourth-order valence-electron chi connectivity index (χ4n) is 3.43. The summed E-state index contributed by atoms with van der Waals surface area (Å²) in [5, 5.41) is 8.92. The molecule has 1 unspecified atom stereocenters. The maximum Gasteiger partial charge on any atom is 0.343 e. The van der Waals surface area contributed by atoms with E-state index in [-0.39, 0.29) is 18.5 Å². The standard InChI is InChI=1S/C16H16F3NO3/c17-10-2-3-11(12(18)8-10)15(4-1-5-15)13(21)20-7-6-16(19,9-20)14(22)23/h2-3,8H,1,4-7,9H2,(H,22,23). The second-order valence-corrected chi connectivity index (χ2v) is 6.31. The summed E-state index contributed by atoms with van der Waals surface area (Å²) in [5.41, 5.74) is -3.49. The summed E-state index contributed by atoms with van der Waals surface area (Å²) in [7, 11) is 0. The van der Waals surface area contributed by atoms with E-state index in [9.17, 15) is 22.8 Å². The van der Waals surface area contributed by atoms with Crippen LogP contribution in [0.1, 0.15) is 31.2 Å². The van der Waals surface area contributed by atoms with Gasteiger partial charge in [0.25, 0.3) is 0 Å². The van der Waals surface area contributed by atoms with Gasteiger partial charge in [0.15, 0.2) is 0 Å². The van der Waals surface area contributed by atoms with Crippen LogP contribution >= 0.6 is 0 Å². The van der Waals surface area contributed by atoms with Crippen LogP contribution in [0, 0.1) is 11.6 Å². The number of hydrogen-bond donors (Lipinski definition) is 1. The number of aliphatic carboxylic acids is 1. The first-order chi connectivity index (χ1) is 10.8. The van der Waals surface area contributed by atoms with Crippen molar-refractivity contribution in [1.29, 1.82) is 0 Å². The maximum atomic E-state index is 14.2. The molecule has 1 saturated carbocycles. The van der Waals surface area contributed by atoms with Crippen molar-refractivity contribution in [1.82, 2.24) is 4.90 Å². The van der Waals surface area contributed by atoms with E-state index in [0.717, 1.165) is 17.0 Å². The molecule has 2 fully saturated rings. The van der Waals surface area contributed by atoms with E-state index in [1.807, 2.05) is 0 Å². The summed E-state index contributed by atoms with van der Waals surface area (Å²) in [6, 6.07) is 3.06. The van der Waals surface area contributed by atoms with E-state index in [4.69, 9.17) is 5.11 Å². The third-order valence-electron chi connectivity index (χ3n) is 4.95. The van der Waals surface area contributed by atoms with Gasteiger partial charge in [0.05, 0.1) is 12.0 Å². The minimum Gasteiger partial charge on any atom is -0.479 e. The molecule has 23 heavy (non-hydrogen) atoms. The molecule has 1 aromatic carbocycles. The molecule has 3 rings (SSSR count). The monoisotopic (exact) mass is 327 g/mol. The zero-order valence-electron chi connectivity index (χ0n) is 12.3. The number of alkyl halides is 1. The van der Waals surface area contributed by atoms with Crippen molar-refractivity contribution in [3.8, 4) is 0 Å². The first-order valence-corrected chi connectivity index (χ1v) is 7.46. The summed E-state index contributed by atoms with van der Waals surface area (Å²) in [5.74, 6) is -3.61. The highest BCUT2D eigenvalue weighted by Gasteiger charge is 2.54. The van der Waals surface area contributed by atoms with Gasteiger partial charge in [-0.25, -0.2) is 18.0 Å². The van der Waals surface area contributed by atoms with Gasteiger partial charge in [-0.2, -0.15) is 0 Å². The smallest absolute Gasteiger partial charge is 0.343 e. The number of nitrogens with zero attached hydrogens (tertiary/aromatic N) is 1. The van der Waals surface area contributed by atoms with Crippen molar-refractivity contribution in [3.63, 3.8) is 0 Å². The first-order valence-electron chi connectivity index (χ1n) is 7.46. The number of rotatable bonds is 3. The molecule has 1 saturated heterocycles.